The third kappa shape index (κ3) is 4.19. The Morgan fingerprint density at radius 2 is 1.95 bits per heavy atom. The summed E-state index contributed by atoms with van der Waals surface area (Å²) in [6.07, 6.45) is 5.49. The lowest BCUT2D eigenvalue weighted by molar-refractivity contribution is -0.120. The van der Waals surface area contributed by atoms with Crippen LogP contribution in [0.5, 0.6) is 0 Å². The Morgan fingerprint density at radius 3 is 2.68 bits per heavy atom. The Kier molecular flexibility index (Phi) is 4.71. The number of carbonyl (C=O) groups excluding carboxylic acids is 1. The molecule has 0 spiro atoms. The van der Waals surface area contributed by atoms with Crippen molar-refractivity contribution in [3.8, 4) is 0 Å². The molecule has 0 bridgehead atoms. The van der Waals surface area contributed by atoms with E-state index in [4.69, 9.17) is 0 Å². The first-order chi connectivity index (χ1) is 9.15. The number of hydrogen-bond acceptors (Lipinski definition) is 2. The van der Waals surface area contributed by atoms with Crippen LogP contribution in [0.4, 0.5) is 14.5 Å². The number of benzene rings is 1. The van der Waals surface area contributed by atoms with Crippen LogP contribution in [0.1, 0.15) is 32.1 Å². The summed E-state index contributed by atoms with van der Waals surface area (Å²) in [6.45, 7) is -0.0448. The quantitative estimate of drug-likeness (QED) is 0.881. The van der Waals surface area contributed by atoms with Crippen molar-refractivity contribution >= 4 is 11.6 Å². The molecule has 1 aliphatic rings. The molecular weight excluding hydrogens is 250 g/mol. The lowest BCUT2D eigenvalue weighted by Crippen LogP contribution is -2.39. The molecule has 0 saturated heterocycles. The highest BCUT2D eigenvalue weighted by molar-refractivity contribution is 5.81. The Bertz CT molecular complexity index is 445. The average Bonchev–Trinajstić information content (AvgIpc) is 2.41. The molecule has 2 rings (SSSR count). The first kappa shape index (κ1) is 13.8. The molecule has 1 saturated carbocycles. The zero-order valence-electron chi connectivity index (χ0n) is 10.7. The molecule has 0 heterocycles. The van der Waals surface area contributed by atoms with Crippen molar-refractivity contribution < 1.29 is 13.6 Å². The first-order valence-corrected chi connectivity index (χ1v) is 6.63. The van der Waals surface area contributed by atoms with Gasteiger partial charge in [-0.25, -0.2) is 8.78 Å². The zero-order valence-corrected chi connectivity index (χ0v) is 10.7. The summed E-state index contributed by atoms with van der Waals surface area (Å²) in [7, 11) is 0. The second-order valence-electron chi connectivity index (χ2n) is 4.88. The topological polar surface area (TPSA) is 41.1 Å². The largest absolute Gasteiger partial charge is 0.374 e. The van der Waals surface area contributed by atoms with Gasteiger partial charge in [-0.2, -0.15) is 0 Å². The molecular formula is C14H18F2N2O. The molecule has 0 radical (unpaired) electrons. The lowest BCUT2D eigenvalue weighted by Gasteiger charge is -2.22. The highest BCUT2D eigenvalue weighted by Crippen LogP contribution is 2.17. The molecule has 3 nitrogen and oxygen atoms in total. The normalized spacial score (nSPS) is 16.1. The van der Waals surface area contributed by atoms with Crippen molar-refractivity contribution in [3.05, 3.63) is 29.8 Å². The average molecular weight is 268 g/mol. The van der Waals surface area contributed by atoms with E-state index in [1.54, 1.807) is 0 Å². The van der Waals surface area contributed by atoms with Crippen molar-refractivity contribution in [2.24, 2.45) is 0 Å². The maximum Gasteiger partial charge on any atom is 0.239 e. The van der Waals surface area contributed by atoms with Crippen LogP contribution < -0.4 is 10.6 Å². The van der Waals surface area contributed by atoms with E-state index < -0.39 is 11.6 Å². The van der Waals surface area contributed by atoms with Crippen LogP contribution in [0.25, 0.3) is 0 Å². The molecule has 0 atom stereocenters. The number of hydrogen-bond donors (Lipinski definition) is 2. The molecule has 1 aromatic rings. The van der Waals surface area contributed by atoms with E-state index in [0.29, 0.717) is 0 Å². The van der Waals surface area contributed by atoms with Crippen molar-refractivity contribution in [2.45, 2.75) is 38.1 Å². The van der Waals surface area contributed by atoms with Crippen molar-refractivity contribution in [3.63, 3.8) is 0 Å². The van der Waals surface area contributed by atoms with Gasteiger partial charge in [-0.3, -0.25) is 4.79 Å². The van der Waals surface area contributed by atoms with Gasteiger partial charge in [-0.1, -0.05) is 19.3 Å². The monoisotopic (exact) mass is 268 g/mol. The van der Waals surface area contributed by atoms with Gasteiger partial charge in [-0.15, -0.1) is 0 Å². The van der Waals surface area contributed by atoms with Gasteiger partial charge in [-0.05, 0) is 31.0 Å². The van der Waals surface area contributed by atoms with Gasteiger partial charge in [0.25, 0.3) is 0 Å². The van der Waals surface area contributed by atoms with E-state index in [0.717, 1.165) is 43.9 Å². The molecule has 1 aromatic carbocycles. The van der Waals surface area contributed by atoms with Crippen molar-refractivity contribution in [2.75, 3.05) is 11.9 Å². The van der Waals surface area contributed by atoms with Gasteiger partial charge >= 0.3 is 0 Å². The van der Waals surface area contributed by atoms with E-state index in [1.807, 2.05) is 0 Å². The molecule has 19 heavy (non-hydrogen) atoms. The summed E-state index contributed by atoms with van der Waals surface area (Å²) in [5.74, 6) is -1.28. The highest BCUT2D eigenvalue weighted by Gasteiger charge is 2.15. The molecule has 0 unspecified atom stereocenters. The summed E-state index contributed by atoms with van der Waals surface area (Å²) < 4.78 is 26.3. The Balaban J connectivity index is 1.81. The lowest BCUT2D eigenvalue weighted by atomic mass is 9.95. The SMILES string of the molecule is O=C(CNc1cc(F)ccc1F)NC1CCCCC1. The number of carbonyl (C=O) groups is 1. The first-order valence-electron chi connectivity index (χ1n) is 6.63. The summed E-state index contributed by atoms with van der Waals surface area (Å²) >= 11 is 0. The smallest absolute Gasteiger partial charge is 0.239 e. The Hall–Kier alpha value is -1.65. The summed E-state index contributed by atoms with van der Waals surface area (Å²) in [5.41, 5.74) is 0.0128. The molecule has 0 aromatic heterocycles. The number of amides is 1. The fraction of sp³-hybridized carbons (Fsp3) is 0.500. The summed E-state index contributed by atoms with van der Waals surface area (Å²) in [4.78, 5) is 11.7. The van der Waals surface area contributed by atoms with E-state index in [2.05, 4.69) is 10.6 Å². The second-order valence-corrected chi connectivity index (χ2v) is 4.88. The number of halogens is 2. The minimum atomic E-state index is -0.563. The fourth-order valence-electron chi connectivity index (χ4n) is 2.33. The minimum absolute atomic E-state index is 0.0128. The van der Waals surface area contributed by atoms with Crippen LogP contribution in [-0.4, -0.2) is 18.5 Å². The van der Waals surface area contributed by atoms with Crippen LogP contribution in [-0.2, 0) is 4.79 Å². The summed E-state index contributed by atoms with van der Waals surface area (Å²) in [5, 5.41) is 5.52. The zero-order chi connectivity index (χ0) is 13.7. The molecule has 1 aliphatic carbocycles. The van der Waals surface area contributed by atoms with Crippen LogP contribution in [0.15, 0.2) is 18.2 Å². The molecule has 1 amide bonds. The molecule has 0 aliphatic heterocycles. The van der Waals surface area contributed by atoms with Crippen molar-refractivity contribution in [1.29, 1.82) is 0 Å². The van der Waals surface area contributed by atoms with E-state index in [-0.39, 0.29) is 24.2 Å². The second kappa shape index (κ2) is 6.50. The molecule has 5 heteroatoms. The van der Waals surface area contributed by atoms with Crippen LogP contribution in [0, 0.1) is 11.6 Å². The van der Waals surface area contributed by atoms with Gasteiger partial charge < -0.3 is 10.6 Å². The Labute approximate surface area is 111 Å². The van der Waals surface area contributed by atoms with Crippen LogP contribution in [0.3, 0.4) is 0 Å². The predicted molar refractivity (Wildman–Crippen MR) is 69.9 cm³/mol. The number of anilines is 1. The summed E-state index contributed by atoms with van der Waals surface area (Å²) in [6, 6.07) is 3.35. The highest BCUT2D eigenvalue weighted by atomic mass is 19.1. The predicted octanol–water partition coefficient (Wildman–Crippen LogP) is 2.83. The maximum atomic E-state index is 13.3. The van der Waals surface area contributed by atoms with Gasteiger partial charge in [0.1, 0.15) is 11.6 Å². The molecule has 2 N–H and O–H groups in total. The van der Waals surface area contributed by atoms with Gasteiger partial charge in [0.2, 0.25) is 5.91 Å². The van der Waals surface area contributed by atoms with Gasteiger partial charge in [0.05, 0.1) is 12.2 Å². The number of rotatable bonds is 4. The fourth-order valence-corrected chi connectivity index (χ4v) is 2.33. The molecule has 104 valence electrons. The standard InChI is InChI=1S/C14H18F2N2O/c15-10-6-7-12(16)13(8-10)17-9-14(19)18-11-4-2-1-3-5-11/h6-8,11,17H,1-5,9H2,(H,18,19). The third-order valence-corrected chi connectivity index (χ3v) is 3.34. The van der Waals surface area contributed by atoms with Crippen molar-refractivity contribution in [1.82, 2.24) is 5.32 Å². The Morgan fingerprint density at radius 1 is 1.21 bits per heavy atom. The van der Waals surface area contributed by atoms with Gasteiger partial charge in [0.15, 0.2) is 0 Å². The maximum absolute atomic E-state index is 13.3. The minimum Gasteiger partial charge on any atom is -0.374 e. The van der Waals surface area contributed by atoms with Crippen LogP contribution >= 0.6 is 0 Å². The van der Waals surface area contributed by atoms with E-state index in [9.17, 15) is 13.6 Å². The van der Waals surface area contributed by atoms with Gasteiger partial charge in [0, 0.05) is 6.04 Å². The van der Waals surface area contributed by atoms with E-state index in [1.165, 1.54) is 6.42 Å². The number of nitrogens with one attached hydrogen (secondary N) is 2. The van der Waals surface area contributed by atoms with E-state index >= 15 is 0 Å². The third-order valence-electron chi connectivity index (χ3n) is 3.34. The molecule has 1 fully saturated rings. The van der Waals surface area contributed by atoms with Crippen LogP contribution in [0.2, 0.25) is 0 Å².